The number of hydrogen-bond donors (Lipinski definition) is 3. The minimum atomic E-state index is -0.718. The highest BCUT2D eigenvalue weighted by Crippen LogP contribution is 2.33. The van der Waals surface area contributed by atoms with Crippen molar-refractivity contribution in [2.24, 2.45) is 0 Å². The summed E-state index contributed by atoms with van der Waals surface area (Å²) in [4.78, 5) is 27.1. The number of aromatic amines is 2. The number of aromatic nitrogens is 2. The molecular weight excluding hydrogens is 253 g/mol. The Morgan fingerprint density at radius 2 is 2.11 bits per heavy atom. The first-order chi connectivity index (χ1) is 9.13. The van der Waals surface area contributed by atoms with Crippen LogP contribution in [0.3, 0.4) is 0 Å². The summed E-state index contributed by atoms with van der Waals surface area (Å²) < 4.78 is 18.4. The monoisotopic (exact) mass is 263 g/mol. The Balaban J connectivity index is 1.93. The molecule has 0 bridgehead atoms. The predicted molar refractivity (Wildman–Crippen MR) is 65.9 cm³/mol. The number of H-pyrrole nitrogens is 2. The SMILES string of the molecule is O=c1[nH]cc(C2COc3cc(F)ccc3N2)[nH]c1=O. The van der Waals surface area contributed by atoms with Gasteiger partial charge in [-0.05, 0) is 12.1 Å². The smallest absolute Gasteiger partial charge is 0.313 e. The van der Waals surface area contributed by atoms with E-state index >= 15 is 0 Å². The Kier molecular flexibility index (Phi) is 2.59. The standard InChI is InChI=1S/C12H10FN3O3/c13-6-1-2-7-10(3-6)19-5-9(15-7)8-4-14-11(17)12(18)16-8/h1-4,9,15H,5H2,(H,14,17)(H,16,18). The van der Waals surface area contributed by atoms with Gasteiger partial charge in [0.2, 0.25) is 0 Å². The Bertz CT molecular complexity index is 737. The summed E-state index contributed by atoms with van der Waals surface area (Å²) in [6, 6.07) is 3.84. The largest absolute Gasteiger partial charge is 0.489 e. The maximum absolute atomic E-state index is 13.0. The van der Waals surface area contributed by atoms with Crippen molar-refractivity contribution in [1.82, 2.24) is 9.97 Å². The van der Waals surface area contributed by atoms with Crippen molar-refractivity contribution in [1.29, 1.82) is 0 Å². The van der Waals surface area contributed by atoms with Gasteiger partial charge in [0, 0.05) is 12.3 Å². The molecule has 1 aliphatic heterocycles. The van der Waals surface area contributed by atoms with Crippen LogP contribution in [0.25, 0.3) is 0 Å². The van der Waals surface area contributed by atoms with Gasteiger partial charge < -0.3 is 20.0 Å². The third-order valence-electron chi connectivity index (χ3n) is 2.88. The molecule has 1 aromatic carbocycles. The van der Waals surface area contributed by atoms with Gasteiger partial charge in [0.1, 0.15) is 24.2 Å². The van der Waals surface area contributed by atoms with E-state index in [1.807, 2.05) is 0 Å². The average Bonchev–Trinajstić information content (AvgIpc) is 2.41. The molecule has 1 unspecified atom stereocenters. The fourth-order valence-corrected chi connectivity index (χ4v) is 1.93. The number of nitrogens with one attached hydrogen (secondary N) is 3. The molecule has 7 heteroatoms. The zero-order chi connectivity index (χ0) is 13.4. The molecule has 98 valence electrons. The highest BCUT2D eigenvalue weighted by atomic mass is 19.1. The van der Waals surface area contributed by atoms with Gasteiger partial charge in [-0.3, -0.25) is 9.59 Å². The lowest BCUT2D eigenvalue weighted by atomic mass is 10.1. The second kappa shape index (κ2) is 4.27. The molecule has 0 radical (unpaired) electrons. The predicted octanol–water partition coefficient (Wildman–Crippen LogP) is 0.748. The van der Waals surface area contributed by atoms with Crippen LogP contribution >= 0.6 is 0 Å². The number of hydrogen-bond acceptors (Lipinski definition) is 4. The summed E-state index contributed by atoms with van der Waals surface area (Å²) in [6.45, 7) is 0.221. The van der Waals surface area contributed by atoms with E-state index in [4.69, 9.17) is 4.74 Å². The van der Waals surface area contributed by atoms with Gasteiger partial charge in [-0.15, -0.1) is 0 Å². The molecule has 1 aromatic heterocycles. The van der Waals surface area contributed by atoms with Crippen molar-refractivity contribution in [2.75, 3.05) is 11.9 Å². The fourth-order valence-electron chi connectivity index (χ4n) is 1.93. The van der Waals surface area contributed by atoms with Gasteiger partial charge in [0.05, 0.1) is 11.4 Å². The molecule has 0 saturated heterocycles. The second-order valence-corrected chi connectivity index (χ2v) is 4.18. The number of fused-ring (bicyclic) bond motifs is 1. The summed E-state index contributed by atoms with van der Waals surface area (Å²) >= 11 is 0. The molecule has 1 atom stereocenters. The van der Waals surface area contributed by atoms with E-state index in [9.17, 15) is 14.0 Å². The van der Waals surface area contributed by atoms with Crippen molar-refractivity contribution < 1.29 is 9.13 Å². The van der Waals surface area contributed by atoms with Gasteiger partial charge in [-0.1, -0.05) is 0 Å². The summed E-state index contributed by atoms with van der Waals surface area (Å²) in [7, 11) is 0. The Morgan fingerprint density at radius 1 is 1.26 bits per heavy atom. The molecule has 2 aromatic rings. The number of anilines is 1. The van der Waals surface area contributed by atoms with Crippen molar-refractivity contribution >= 4 is 5.69 Å². The first-order valence-corrected chi connectivity index (χ1v) is 5.64. The lowest BCUT2D eigenvalue weighted by Crippen LogP contribution is -2.33. The van der Waals surface area contributed by atoms with E-state index < -0.39 is 11.1 Å². The summed E-state index contributed by atoms with van der Waals surface area (Å²) in [5.41, 5.74) is -0.295. The molecule has 0 spiro atoms. The van der Waals surface area contributed by atoms with E-state index in [-0.39, 0.29) is 18.5 Å². The van der Waals surface area contributed by atoms with Crippen LogP contribution in [-0.4, -0.2) is 16.6 Å². The van der Waals surface area contributed by atoms with Crippen molar-refractivity contribution in [3.05, 3.63) is 56.6 Å². The number of benzene rings is 1. The van der Waals surface area contributed by atoms with E-state index in [1.54, 1.807) is 6.07 Å². The van der Waals surface area contributed by atoms with Gasteiger partial charge >= 0.3 is 11.1 Å². The molecule has 2 heterocycles. The van der Waals surface area contributed by atoms with Crippen LogP contribution in [0.5, 0.6) is 5.75 Å². The molecule has 19 heavy (non-hydrogen) atoms. The molecule has 0 amide bonds. The zero-order valence-electron chi connectivity index (χ0n) is 9.70. The maximum Gasteiger partial charge on any atom is 0.313 e. The molecule has 0 aliphatic carbocycles. The summed E-state index contributed by atoms with van der Waals surface area (Å²) in [5, 5.41) is 3.10. The average molecular weight is 263 g/mol. The van der Waals surface area contributed by atoms with E-state index in [2.05, 4.69) is 15.3 Å². The van der Waals surface area contributed by atoms with Crippen molar-refractivity contribution in [2.45, 2.75) is 6.04 Å². The Morgan fingerprint density at radius 3 is 2.89 bits per heavy atom. The van der Waals surface area contributed by atoms with Gasteiger partial charge in [-0.25, -0.2) is 4.39 Å². The van der Waals surface area contributed by atoms with E-state index in [1.165, 1.54) is 18.3 Å². The van der Waals surface area contributed by atoms with Crippen LogP contribution < -0.4 is 21.2 Å². The van der Waals surface area contributed by atoms with Crippen molar-refractivity contribution in [3.8, 4) is 5.75 Å². The first kappa shape index (κ1) is 11.5. The van der Waals surface area contributed by atoms with Gasteiger partial charge in [0.25, 0.3) is 0 Å². The van der Waals surface area contributed by atoms with Gasteiger partial charge in [0.15, 0.2) is 0 Å². The minimum absolute atomic E-state index is 0.221. The summed E-state index contributed by atoms with van der Waals surface area (Å²) in [6.07, 6.45) is 1.42. The minimum Gasteiger partial charge on any atom is -0.489 e. The maximum atomic E-state index is 13.0. The van der Waals surface area contributed by atoms with Crippen LogP contribution in [0.4, 0.5) is 10.1 Å². The zero-order valence-corrected chi connectivity index (χ0v) is 9.70. The van der Waals surface area contributed by atoms with Crippen LogP contribution in [0, 0.1) is 5.82 Å². The molecule has 3 N–H and O–H groups in total. The Labute approximate surface area is 106 Å². The molecule has 1 aliphatic rings. The van der Waals surface area contributed by atoms with Gasteiger partial charge in [-0.2, -0.15) is 0 Å². The van der Waals surface area contributed by atoms with E-state index in [0.29, 0.717) is 17.1 Å². The van der Waals surface area contributed by atoms with E-state index in [0.717, 1.165) is 0 Å². The lowest BCUT2D eigenvalue weighted by molar-refractivity contribution is 0.282. The van der Waals surface area contributed by atoms with Crippen LogP contribution in [-0.2, 0) is 0 Å². The normalized spacial score (nSPS) is 17.2. The Hall–Kier alpha value is -2.57. The number of ether oxygens (including phenoxy) is 1. The lowest BCUT2D eigenvalue weighted by Gasteiger charge is -2.27. The molecule has 3 rings (SSSR count). The number of halogens is 1. The highest BCUT2D eigenvalue weighted by molar-refractivity contribution is 5.58. The highest BCUT2D eigenvalue weighted by Gasteiger charge is 2.21. The van der Waals surface area contributed by atoms with Crippen LogP contribution in [0.15, 0.2) is 34.0 Å². The third kappa shape index (κ3) is 2.10. The summed E-state index contributed by atoms with van der Waals surface area (Å²) in [5.74, 6) is 0.0412. The number of rotatable bonds is 1. The topological polar surface area (TPSA) is 87.0 Å². The molecule has 0 fully saturated rings. The second-order valence-electron chi connectivity index (χ2n) is 4.18. The molecule has 6 nitrogen and oxygen atoms in total. The fraction of sp³-hybridized carbons (Fsp3) is 0.167. The third-order valence-corrected chi connectivity index (χ3v) is 2.88. The quantitative estimate of drug-likeness (QED) is 0.662. The molecular formula is C12H10FN3O3. The van der Waals surface area contributed by atoms with Crippen molar-refractivity contribution in [3.63, 3.8) is 0 Å². The first-order valence-electron chi connectivity index (χ1n) is 5.64. The van der Waals surface area contributed by atoms with Crippen LogP contribution in [0.1, 0.15) is 11.7 Å². The van der Waals surface area contributed by atoms with Crippen LogP contribution in [0.2, 0.25) is 0 Å². The molecule has 0 saturated carbocycles.